The van der Waals surface area contributed by atoms with E-state index in [1.807, 2.05) is 4.90 Å². The number of nitrogens with zero attached hydrogens (tertiary/aromatic N) is 1. The van der Waals surface area contributed by atoms with Gasteiger partial charge in [-0.1, -0.05) is 78.1 Å². The summed E-state index contributed by atoms with van der Waals surface area (Å²) in [6, 6.07) is 0.0551. The molecule has 0 bridgehead atoms. The highest BCUT2D eigenvalue weighted by atomic mass is 16.6. The molecule has 1 aliphatic carbocycles. The third-order valence-corrected chi connectivity index (χ3v) is 6.26. The summed E-state index contributed by atoms with van der Waals surface area (Å²) in [7, 11) is 0. The lowest BCUT2D eigenvalue weighted by Crippen LogP contribution is -2.40. The van der Waals surface area contributed by atoms with E-state index in [0.29, 0.717) is 12.3 Å². The van der Waals surface area contributed by atoms with E-state index in [1.54, 1.807) is 0 Å². The lowest BCUT2D eigenvalue weighted by Gasteiger charge is -2.30. The van der Waals surface area contributed by atoms with Crippen molar-refractivity contribution in [2.24, 2.45) is 5.92 Å². The van der Waals surface area contributed by atoms with Gasteiger partial charge in [-0.3, -0.25) is 4.79 Å². The Hall–Kier alpha value is -1.26. The summed E-state index contributed by atoms with van der Waals surface area (Å²) >= 11 is 0. The van der Waals surface area contributed by atoms with Crippen LogP contribution in [0.15, 0.2) is 0 Å². The lowest BCUT2D eigenvalue weighted by atomic mass is 9.83. The number of carbonyl (C=O) groups is 2. The largest absolute Gasteiger partial charge is 0.462 e. The van der Waals surface area contributed by atoms with Crippen molar-refractivity contribution >= 4 is 12.1 Å². The van der Waals surface area contributed by atoms with Crippen LogP contribution in [0.5, 0.6) is 0 Å². The Labute approximate surface area is 171 Å². The van der Waals surface area contributed by atoms with Crippen molar-refractivity contribution in [3.8, 4) is 0 Å². The number of unbranched alkanes of at least 4 members (excludes halogenated alkanes) is 5. The van der Waals surface area contributed by atoms with E-state index < -0.39 is 0 Å². The molecule has 5 nitrogen and oxygen atoms in total. The van der Waals surface area contributed by atoms with Crippen molar-refractivity contribution in [1.82, 2.24) is 4.90 Å². The van der Waals surface area contributed by atoms with E-state index in [0.717, 1.165) is 38.6 Å². The number of rotatable bonds is 13. The molecule has 1 saturated heterocycles. The Kier molecular flexibility index (Phi) is 10.7. The number of ether oxygens (including phenoxy) is 2. The fourth-order valence-electron chi connectivity index (χ4n) is 4.51. The molecule has 28 heavy (non-hydrogen) atoms. The first-order valence-corrected chi connectivity index (χ1v) is 11.8. The van der Waals surface area contributed by atoms with Gasteiger partial charge in [-0.2, -0.15) is 0 Å². The lowest BCUT2D eigenvalue weighted by molar-refractivity contribution is -0.146. The molecular weight excluding hydrogens is 354 g/mol. The average molecular weight is 396 g/mol. The maximum Gasteiger partial charge on any atom is 0.410 e. The summed E-state index contributed by atoms with van der Waals surface area (Å²) in [5.74, 6) is 0.505. The van der Waals surface area contributed by atoms with Crippen LogP contribution in [0.3, 0.4) is 0 Å². The van der Waals surface area contributed by atoms with Crippen LogP contribution in [0.1, 0.15) is 104 Å². The van der Waals surface area contributed by atoms with Gasteiger partial charge in [0.2, 0.25) is 0 Å². The summed E-state index contributed by atoms with van der Waals surface area (Å²) in [5.41, 5.74) is 0. The summed E-state index contributed by atoms with van der Waals surface area (Å²) in [6.07, 6.45) is 14.9. The minimum Gasteiger partial charge on any atom is -0.462 e. The van der Waals surface area contributed by atoms with E-state index >= 15 is 0 Å². The molecule has 5 heteroatoms. The molecule has 1 saturated carbocycles. The Morgan fingerprint density at radius 3 is 2.46 bits per heavy atom. The summed E-state index contributed by atoms with van der Waals surface area (Å²) in [4.78, 5) is 26.4. The van der Waals surface area contributed by atoms with Crippen LogP contribution in [-0.4, -0.2) is 42.3 Å². The quantitative estimate of drug-likeness (QED) is 0.290. The molecular formula is C23H41NO4. The third-order valence-electron chi connectivity index (χ3n) is 6.26. The van der Waals surface area contributed by atoms with Gasteiger partial charge >= 0.3 is 12.1 Å². The topological polar surface area (TPSA) is 55.8 Å². The van der Waals surface area contributed by atoms with Crippen LogP contribution < -0.4 is 0 Å². The summed E-state index contributed by atoms with van der Waals surface area (Å²) < 4.78 is 11.2. The smallest absolute Gasteiger partial charge is 0.410 e. The summed E-state index contributed by atoms with van der Waals surface area (Å²) in [5, 5.41) is 0. The molecule has 0 spiro atoms. The molecule has 2 atom stereocenters. The van der Waals surface area contributed by atoms with Crippen LogP contribution in [0.2, 0.25) is 0 Å². The van der Waals surface area contributed by atoms with Gasteiger partial charge in [0.15, 0.2) is 6.10 Å². The van der Waals surface area contributed by atoms with Crippen molar-refractivity contribution in [3.05, 3.63) is 0 Å². The van der Waals surface area contributed by atoms with Gasteiger partial charge < -0.3 is 14.4 Å². The zero-order valence-electron chi connectivity index (χ0n) is 18.1. The van der Waals surface area contributed by atoms with Gasteiger partial charge in [0.05, 0.1) is 6.04 Å². The maximum absolute atomic E-state index is 12.4. The van der Waals surface area contributed by atoms with Gasteiger partial charge in [0, 0.05) is 13.0 Å². The zero-order chi connectivity index (χ0) is 20.2. The Morgan fingerprint density at radius 1 is 1.04 bits per heavy atom. The molecule has 1 heterocycles. The van der Waals surface area contributed by atoms with Crippen LogP contribution in [0.4, 0.5) is 4.79 Å². The monoisotopic (exact) mass is 395 g/mol. The third kappa shape index (κ3) is 7.63. The molecule has 2 aliphatic rings. The molecule has 0 N–H and O–H groups in total. The highest BCUT2D eigenvalue weighted by Crippen LogP contribution is 2.33. The average Bonchev–Trinajstić information content (AvgIpc) is 2.99. The second-order valence-corrected chi connectivity index (χ2v) is 8.62. The second kappa shape index (κ2) is 13.1. The number of hydrogen-bond donors (Lipinski definition) is 0. The number of esters is 1. The van der Waals surface area contributed by atoms with Crippen molar-refractivity contribution in [2.45, 2.75) is 116 Å². The Morgan fingerprint density at radius 2 is 1.75 bits per heavy atom. The first kappa shape index (κ1) is 23.0. The van der Waals surface area contributed by atoms with Crippen LogP contribution in [0, 0.1) is 5.92 Å². The van der Waals surface area contributed by atoms with E-state index in [9.17, 15) is 9.59 Å². The minimum absolute atomic E-state index is 0.0551. The number of hydrogen-bond acceptors (Lipinski definition) is 4. The molecule has 0 radical (unpaired) electrons. The minimum atomic E-state index is -0.310. The fraction of sp³-hybridized carbons (Fsp3) is 0.913. The Balaban J connectivity index is 1.83. The molecule has 0 unspecified atom stereocenters. The first-order chi connectivity index (χ1) is 13.7. The van der Waals surface area contributed by atoms with Gasteiger partial charge in [0.25, 0.3) is 0 Å². The molecule has 0 aromatic heterocycles. The van der Waals surface area contributed by atoms with Crippen LogP contribution in [0.25, 0.3) is 0 Å². The Bertz CT molecular complexity index is 462. The summed E-state index contributed by atoms with van der Waals surface area (Å²) in [6.45, 7) is 5.27. The molecule has 0 aromatic carbocycles. The van der Waals surface area contributed by atoms with Crippen molar-refractivity contribution in [2.75, 3.05) is 13.2 Å². The van der Waals surface area contributed by atoms with Crippen molar-refractivity contribution < 1.29 is 19.1 Å². The van der Waals surface area contributed by atoms with Gasteiger partial charge in [0.1, 0.15) is 6.61 Å². The normalized spacial score (nSPS) is 23.1. The van der Waals surface area contributed by atoms with Crippen LogP contribution >= 0.6 is 0 Å². The predicted molar refractivity (Wildman–Crippen MR) is 111 cm³/mol. The van der Waals surface area contributed by atoms with Gasteiger partial charge in [-0.15, -0.1) is 0 Å². The zero-order valence-corrected chi connectivity index (χ0v) is 18.1. The van der Waals surface area contributed by atoms with Gasteiger partial charge in [-0.25, -0.2) is 4.79 Å². The number of carbonyl (C=O) groups excluding carboxylic acids is 2. The van der Waals surface area contributed by atoms with Gasteiger partial charge in [-0.05, 0) is 25.2 Å². The first-order valence-electron chi connectivity index (χ1n) is 11.8. The number of cyclic esters (lactones) is 1. The second-order valence-electron chi connectivity index (χ2n) is 8.62. The predicted octanol–water partition coefficient (Wildman–Crippen LogP) is 5.85. The van der Waals surface area contributed by atoms with E-state index in [4.69, 9.17) is 9.47 Å². The molecule has 2 rings (SSSR count). The van der Waals surface area contributed by atoms with Crippen molar-refractivity contribution in [1.29, 1.82) is 0 Å². The molecule has 0 aromatic rings. The molecule has 2 fully saturated rings. The van der Waals surface area contributed by atoms with E-state index in [-0.39, 0.29) is 30.8 Å². The highest BCUT2D eigenvalue weighted by molar-refractivity contribution is 5.71. The standard InChI is InChI=1S/C23H41NO4/c1-3-5-7-8-12-15-22(25)27-18-21-20(17-19-13-10-9-11-14-19)24(16-6-4-2)23(26)28-21/h19-21H,3-18H2,1-2H3/t20-,21-/m1/s1. The molecule has 1 aliphatic heterocycles. The highest BCUT2D eigenvalue weighted by Gasteiger charge is 2.42. The number of amides is 1. The fourth-order valence-corrected chi connectivity index (χ4v) is 4.51. The molecule has 162 valence electrons. The SMILES string of the molecule is CCCCCCCC(=O)OC[C@H]1OC(=O)N(CCCC)[C@@H]1CC1CCCCC1. The molecule has 1 amide bonds. The van der Waals surface area contributed by atoms with E-state index in [2.05, 4.69) is 13.8 Å². The van der Waals surface area contributed by atoms with E-state index in [1.165, 1.54) is 51.4 Å². The van der Waals surface area contributed by atoms with Crippen molar-refractivity contribution in [3.63, 3.8) is 0 Å². The maximum atomic E-state index is 12.4. The van der Waals surface area contributed by atoms with Crippen LogP contribution in [-0.2, 0) is 14.3 Å².